The van der Waals surface area contributed by atoms with Gasteiger partial charge >= 0.3 is 5.69 Å². The van der Waals surface area contributed by atoms with Gasteiger partial charge in [-0.3, -0.25) is 9.47 Å². The second-order valence-corrected chi connectivity index (χ2v) is 6.08. The molecule has 0 saturated carbocycles. The van der Waals surface area contributed by atoms with Gasteiger partial charge in [0.15, 0.2) is 0 Å². The zero-order valence-corrected chi connectivity index (χ0v) is 13.2. The molecule has 3 rings (SSSR count). The van der Waals surface area contributed by atoms with Gasteiger partial charge < -0.3 is 4.98 Å². The lowest BCUT2D eigenvalue weighted by Crippen LogP contribution is -2.29. The molecule has 1 N–H and O–H groups in total. The Kier molecular flexibility index (Phi) is 4.22. The van der Waals surface area contributed by atoms with Crippen molar-refractivity contribution in [2.45, 2.75) is 39.3 Å². The second-order valence-electron chi connectivity index (χ2n) is 5.70. The van der Waals surface area contributed by atoms with Gasteiger partial charge in [0, 0.05) is 18.5 Å². The lowest BCUT2D eigenvalue weighted by atomic mass is 10.1. The summed E-state index contributed by atoms with van der Waals surface area (Å²) in [5.41, 5.74) is 1.97. The van der Waals surface area contributed by atoms with Crippen molar-refractivity contribution in [1.82, 2.24) is 14.5 Å². The second kappa shape index (κ2) is 6.12. The fourth-order valence-corrected chi connectivity index (χ4v) is 3.45. The molecule has 5 heteroatoms. The quantitative estimate of drug-likeness (QED) is 0.886. The Hall–Kier alpha value is -1.46. The van der Waals surface area contributed by atoms with Crippen LogP contribution in [0.2, 0.25) is 0 Å². The zero-order valence-electron chi connectivity index (χ0n) is 12.4. The minimum Gasteiger partial charge on any atom is -0.307 e. The first-order chi connectivity index (χ1) is 10.2. The summed E-state index contributed by atoms with van der Waals surface area (Å²) in [7, 11) is 0. The topological polar surface area (TPSA) is 41.0 Å². The number of nitrogens with zero attached hydrogens (tertiary/aromatic N) is 2. The van der Waals surface area contributed by atoms with E-state index in [1.54, 1.807) is 4.57 Å². The van der Waals surface area contributed by atoms with Crippen LogP contribution in [0, 0.1) is 4.64 Å². The predicted octanol–water partition coefficient (Wildman–Crippen LogP) is 3.06. The molecule has 0 aliphatic carbocycles. The lowest BCUT2D eigenvalue weighted by molar-refractivity contribution is 0.221. The average Bonchev–Trinajstić information content (AvgIpc) is 2.48. The van der Waals surface area contributed by atoms with Gasteiger partial charge in [-0.15, -0.1) is 0 Å². The number of hydrogen-bond acceptors (Lipinski definition) is 3. The summed E-state index contributed by atoms with van der Waals surface area (Å²) in [5.74, 6) is 0. The van der Waals surface area contributed by atoms with E-state index in [9.17, 15) is 4.79 Å². The highest BCUT2D eigenvalue weighted by atomic mass is 32.1. The minimum absolute atomic E-state index is 0.120. The predicted molar refractivity (Wildman–Crippen MR) is 88.2 cm³/mol. The molecule has 0 radical (unpaired) electrons. The summed E-state index contributed by atoms with van der Waals surface area (Å²) < 4.78 is 2.22. The van der Waals surface area contributed by atoms with Gasteiger partial charge in [-0.25, -0.2) is 4.79 Å². The van der Waals surface area contributed by atoms with Crippen LogP contribution in [0.4, 0.5) is 0 Å². The molecule has 1 saturated heterocycles. The van der Waals surface area contributed by atoms with Crippen LogP contribution in [-0.2, 0) is 13.1 Å². The van der Waals surface area contributed by atoms with Crippen LogP contribution in [0.15, 0.2) is 23.0 Å². The molecule has 0 spiro atoms. The van der Waals surface area contributed by atoms with Crippen LogP contribution in [0.1, 0.15) is 31.7 Å². The summed E-state index contributed by atoms with van der Waals surface area (Å²) in [5, 5.41) is 0.953. The van der Waals surface area contributed by atoms with Crippen molar-refractivity contribution in [1.29, 1.82) is 0 Å². The molecule has 112 valence electrons. The van der Waals surface area contributed by atoms with Crippen LogP contribution >= 0.6 is 12.2 Å². The smallest absolute Gasteiger partial charge is 0.307 e. The Labute approximate surface area is 129 Å². The maximum atomic E-state index is 12.0. The van der Waals surface area contributed by atoms with Gasteiger partial charge in [-0.1, -0.05) is 24.7 Å². The third-order valence-corrected chi connectivity index (χ3v) is 4.66. The molecule has 4 nitrogen and oxygen atoms in total. The molecule has 0 unspecified atom stereocenters. The third-order valence-electron chi connectivity index (χ3n) is 4.22. The molecule has 1 fully saturated rings. The largest absolute Gasteiger partial charge is 0.326 e. The maximum Gasteiger partial charge on any atom is 0.326 e. The van der Waals surface area contributed by atoms with Crippen LogP contribution in [-0.4, -0.2) is 27.5 Å². The molecule has 0 atom stereocenters. The van der Waals surface area contributed by atoms with Crippen molar-refractivity contribution in [3.63, 3.8) is 0 Å². The fraction of sp³-hybridized carbons (Fsp3) is 0.500. The summed E-state index contributed by atoms with van der Waals surface area (Å²) in [6, 6.07) is 6.24. The van der Waals surface area contributed by atoms with Crippen LogP contribution in [0.3, 0.4) is 0 Å². The molecule has 2 aromatic rings. The summed E-state index contributed by atoms with van der Waals surface area (Å²) >= 11 is 5.42. The lowest BCUT2D eigenvalue weighted by Gasteiger charge is -2.26. The Morgan fingerprint density at radius 1 is 1.24 bits per heavy atom. The van der Waals surface area contributed by atoms with E-state index in [1.165, 1.54) is 37.9 Å². The molecule has 1 aromatic heterocycles. The maximum absolute atomic E-state index is 12.0. The van der Waals surface area contributed by atoms with E-state index in [0.29, 0.717) is 11.2 Å². The fourth-order valence-electron chi connectivity index (χ4n) is 3.06. The Balaban J connectivity index is 1.96. The molecule has 1 aromatic carbocycles. The normalized spacial score (nSPS) is 16.4. The molecule has 21 heavy (non-hydrogen) atoms. The number of aromatic nitrogens is 2. The first-order valence-corrected chi connectivity index (χ1v) is 8.08. The summed E-state index contributed by atoms with van der Waals surface area (Å²) in [6.07, 6.45) is 3.92. The number of aromatic amines is 1. The Morgan fingerprint density at radius 2 is 2.00 bits per heavy atom. The number of piperidine rings is 1. The number of nitrogens with one attached hydrogen (secondary N) is 1. The highest BCUT2D eigenvalue weighted by Crippen LogP contribution is 2.17. The summed E-state index contributed by atoms with van der Waals surface area (Å²) in [6.45, 7) is 5.82. The molecule has 0 bridgehead atoms. The molecule has 1 aliphatic heterocycles. The van der Waals surface area contributed by atoms with Gasteiger partial charge in [-0.05, 0) is 50.6 Å². The van der Waals surface area contributed by atoms with Crippen LogP contribution < -0.4 is 5.69 Å². The number of H-pyrrole nitrogens is 1. The van der Waals surface area contributed by atoms with Gasteiger partial charge in [0.05, 0.1) is 5.52 Å². The van der Waals surface area contributed by atoms with Gasteiger partial charge in [0.1, 0.15) is 4.64 Å². The molecule has 2 heterocycles. The van der Waals surface area contributed by atoms with E-state index >= 15 is 0 Å². The number of hydrogen-bond donors (Lipinski definition) is 1. The van der Waals surface area contributed by atoms with Crippen molar-refractivity contribution in [2.75, 3.05) is 13.1 Å². The molecular weight excluding hydrogens is 282 g/mol. The highest BCUT2D eigenvalue weighted by Gasteiger charge is 2.11. The first kappa shape index (κ1) is 14.5. The van der Waals surface area contributed by atoms with E-state index in [2.05, 4.69) is 22.0 Å². The van der Waals surface area contributed by atoms with E-state index in [-0.39, 0.29) is 5.69 Å². The minimum atomic E-state index is -0.120. The monoisotopic (exact) mass is 303 g/mol. The van der Waals surface area contributed by atoms with Crippen molar-refractivity contribution >= 4 is 23.1 Å². The van der Waals surface area contributed by atoms with Crippen molar-refractivity contribution in [2.24, 2.45) is 0 Å². The molecular formula is C16H21N3OS. The molecule has 0 amide bonds. The van der Waals surface area contributed by atoms with Gasteiger partial charge in [-0.2, -0.15) is 0 Å². The Morgan fingerprint density at radius 3 is 2.71 bits per heavy atom. The highest BCUT2D eigenvalue weighted by molar-refractivity contribution is 7.71. The van der Waals surface area contributed by atoms with Crippen LogP contribution in [0.5, 0.6) is 0 Å². The number of benzene rings is 1. The third kappa shape index (κ3) is 2.94. The van der Waals surface area contributed by atoms with E-state index in [4.69, 9.17) is 12.2 Å². The van der Waals surface area contributed by atoms with E-state index < -0.39 is 0 Å². The first-order valence-electron chi connectivity index (χ1n) is 7.67. The van der Waals surface area contributed by atoms with E-state index in [1.807, 2.05) is 13.0 Å². The Bertz CT molecular complexity index is 756. The van der Waals surface area contributed by atoms with Gasteiger partial charge in [0.2, 0.25) is 0 Å². The average molecular weight is 303 g/mol. The van der Waals surface area contributed by atoms with Crippen molar-refractivity contribution in [3.8, 4) is 0 Å². The number of likely N-dealkylation sites (tertiary alicyclic amines) is 1. The van der Waals surface area contributed by atoms with Crippen molar-refractivity contribution in [3.05, 3.63) is 38.9 Å². The summed E-state index contributed by atoms with van der Waals surface area (Å²) in [4.78, 5) is 17.4. The van der Waals surface area contributed by atoms with E-state index in [0.717, 1.165) is 17.4 Å². The number of fused-ring (bicyclic) bond motifs is 1. The number of rotatable bonds is 3. The SMILES string of the molecule is CCn1c(=O)[nH]c2cc(CN3CCCCC3)ccc2c1=S. The van der Waals surface area contributed by atoms with Crippen molar-refractivity contribution < 1.29 is 0 Å². The zero-order chi connectivity index (χ0) is 14.8. The molecule has 1 aliphatic rings. The van der Waals surface area contributed by atoms with Crippen LogP contribution in [0.25, 0.3) is 10.9 Å². The van der Waals surface area contributed by atoms with Gasteiger partial charge in [0.25, 0.3) is 0 Å². The standard InChI is InChI=1S/C16H21N3OS/c1-2-19-15(21)13-7-6-12(10-14(13)17-16(19)20)11-18-8-4-3-5-9-18/h6-7,10H,2-5,8-9,11H2,1H3,(H,17,20).